The first kappa shape index (κ1) is 20.8. The number of thiazole rings is 1. The van der Waals surface area contributed by atoms with E-state index in [9.17, 15) is 9.59 Å². The summed E-state index contributed by atoms with van der Waals surface area (Å²) >= 11 is 3.03. The van der Waals surface area contributed by atoms with Gasteiger partial charge in [0, 0.05) is 18.9 Å². The monoisotopic (exact) mass is 462 g/mol. The molecule has 0 spiro atoms. The van der Waals surface area contributed by atoms with Crippen LogP contribution in [0.3, 0.4) is 0 Å². The van der Waals surface area contributed by atoms with Crippen LogP contribution in [0.2, 0.25) is 0 Å². The molecule has 2 aromatic carbocycles. The average molecular weight is 463 g/mol. The van der Waals surface area contributed by atoms with Gasteiger partial charge in [-0.25, -0.2) is 4.98 Å². The Labute approximate surface area is 194 Å². The van der Waals surface area contributed by atoms with Gasteiger partial charge >= 0.3 is 0 Å². The van der Waals surface area contributed by atoms with Crippen LogP contribution in [-0.2, 0) is 9.59 Å². The predicted octanol–water partition coefficient (Wildman–Crippen LogP) is 4.81. The zero-order chi connectivity index (χ0) is 21.9. The van der Waals surface area contributed by atoms with Crippen LogP contribution in [0, 0.1) is 0 Å². The number of aromatic nitrogens is 2. The predicted molar refractivity (Wildman–Crippen MR) is 129 cm³/mol. The zero-order valence-corrected chi connectivity index (χ0v) is 18.9. The molecule has 6 nitrogen and oxygen atoms in total. The van der Waals surface area contributed by atoms with E-state index in [1.807, 2.05) is 77.6 Å². The SMILES string of the molecule is O=C(Nc1ccccc1-n1cccc1)[C@@H]1CCCN1C(=O)CSc1nc2ccccc2s1. The number of amides is 2. The third-order valence-corrected chi connectivity index (χ3v) is 7.68. The fourth-order valence-electron chi connectivity index (χ4n) is 3.97. The van der Waals surface area contributed by atoms with Crippen LogP contribution >= 0.6 is 23.1 Å². The number of nitrogens with zero attached hydrogens (tertiary/aromatic N) is 3. The van der Waals surface area contributed by atoms with Crippen LogP contribution in [0.4, 0.5) is 5.69 Å². The molecule has 0 saturated carbocycles. The summed E-state index contributed by atoms with van der Waals surface area (Å²) in [7, 11) is 0. The van der Waals surface area contributed by atoms with E-state index < -0.39 is 6.04 Å². The van der Waals surface area contributed by atoms with Gasteiger partial charge in [0.25, 0.3) is 0 Å². The summed E-state index contributed by atoms with van der Waals surface area (Å²) in [4.78, 5) is 32.4. The number of thioether (sulfide) groups is 1. The first-order valence-electron chi connectivity index (χ1n) is 10.5. The number of hydrogen-bond donors (Lipinski definition) is 1. The highest BCUT2D eigenvalue weighted by Crippen LogP contribution is 2.30. The van der Waals surface area contributed by atoms with E-state index in [0.717, 1.165) is 32.4 Å². The maximum Gasteiger partial charge on any atom is 0.247 e. The lowest BCUT2D eigenvalue weighted by Gasteiger charge is -2.24. The third kappa shape index (κ3) is 4.28. The molecule has 0 aliphatic carbocycles. The molecule has 1 aliphatic rings. The minimum Gasteiger partial charge on any atom is -0.330 e. The van der Waals surface area contributed by atoms with Crippen LogP contribution < -0.4 is 5.32 Å². The smallest absolute Gasteiger partial charge is 0.247 e. The number of carbonyl (C=O) groups excluding carboxylic acids is 2. The molecule has 4 aromatic rings. The van der Waals surface area contributed by atoms with Crippen LogP contribution in [0.15, 0.2) is 77.4 Å². The highest BCUT2D eigenvalue weighted by atomic mass is 32.2. The molecule has 2 amide bonds. The molecule has 32 heavy (non-hydrogen) atoms. The van der Waals surface area contributed by atoms with Crippen LogP contribution in [0.25, 0.3) is 15.9 Å². The second-order valence-electron chi connectivity index (χ2n) is 7.58. The molecule has 1 atom stereocenters. The van der Waals surface area contributed by atoms with E-state index >= 15 is 0 Å². The summed E-state index contributed by atoms with van der Waals surface area (Å²) in [5, 5.41) is 3.05. The molecule has 1 aliphatic heterocycles. The standard InChI is InChI=1S/C24H22N4O2S2/c29-22(16-31-24-26-18-9-2-4-12-21(18)32-24)28-15-7-11-20(28)23(30)25-17-8-1-3-10-19(17)27-13-5-6-14-27/h1-6,8-10,12-14,20H,7,11,15-16H2,(H,25,30)/t20-/m0/s1. The number of benzene rings is 2. The highest BCUT2D eigenvalue weighted by Gasteiger charge is 2.34. The number of likely N-dealkylation sites (tertiary alicyclic amines) is 1. The summed E-state index contributed by atoms with van der Waals surface area (Å²) in [6.07, 6.45) is 5.38. The van der Waals surface area contributed by atoms with Crippen molar-refractivity contribution in [3.8, 4) is 5.69 Å². The van der Waals surface area contributed by atoms with Crippen molar-refractivity contribution in [1.29, 1.82) is 0 Å². The number of carbonyl (C=O) groups is 2. The topological polar surface area (TPSA) is 67.2 Å². The van der Waals surface area contributed by atoms with Crippen molar-refractivity contribution in [2.24, 2.45) is 0 Å². The molecule has 0 unspecified atom stereocenters. The normalized spacial score (nSPS) is 15.9. The minimum atomic E-state index is -0.448. The van der Waals surface area contributed by atoms with Crippen LogP contribution in [0.1, 0.15) is 12.8 Å². The summed E-state index contributed by atoms with van der Waals surface area (Å²) in [6.45, 7) is 0.608. The minimum absolute atomic E-state index is 0.0226. The molecule has 0 radical (unpaired) electrons. The Morgan fingerprint density at radius 3 is 2.69 bits per heavy atom. The summed E-state index contributed by atoms with van der Waals surface area (Å²) in [5.74, 6) is 0.120. The van der Waals surface area contributed by atoms with Gasteiger partial charge in [-0.2, -0.15) is 0 Å². The van der Waals surface area contributed by atoms with Crippen molar-refractivity contribution >= 4 is 50.8 Å². The molecule has 1 saturated heterocycles. The van der Waals surface area contributed by atoms with Crippen molar-refractivity contribution in [3.63, 3.8) is 0 Å². The average Bonchev–Trinajstić information content (AvgIpc) is 3.58. The zero-order valence-electron chi connectivity index (χ0n) is 17.3. The Morgan fingerprint density at radius 2 is 1.84 bits per heavy atom. The molecule has 2 aromatic heterocycles. The van der Waals surface area contributed by atoms with Gasteiger partial charge in [0.2, 0.25) is 11.8 Å². The van der Waals surface area contributed by atoms with Gasteiger partial charge in [0.05, 0.1) is 27.3 Å². The second-order valence-corrected chi connectivity index (χ2v) is 9.83. The molecule has 1 fully saturated rings. The van der Waals surface area contributed by atoms with E-state index in [-0.39, 0.29) is 17.6 Å². The Morgan fingerprint density at radius 1 is 1.06 bits per heavy atom. The lowest BCUT2D eigenvalue weighted by atomic mass is 10.2. The number of rotatable bonds is 6. The van der Waals surface area contributed by atoms with E-state index in [1.54, 1.807) is 16.2 Å². The van der Waals surface area contributed by atoms with Gasteiger partial charge < -0.3 is 14.8 Å². The molecular weight excluding hydrogens is 440 g/mol. The van der Waals surface area contributed by atoms with Gasteiger partial charge in [0.1, 0.15) is 6.04 Å². The molecule has 1 N–H and O–H groups in total. The lowest BCUT2D eigenvalue weighted by molar-refractivity contribution is -0.134. The fourth-order valence-corrected chi connectivity index (χ4v) is 5.93. The largest absolute Gasteiger partial charge is 0.330 e. The lowest BCUT2D eigenvalue weighted by Crippen LogP contribution is -2.44. The van der Waals surface area contributed by atoms with Crippen molar-refractivity contribution in [3.05, 3.63) is 73.1 Å². The number of nitrogens with one attached hydrogen (secondary N) is 1. The number of hydrogen-bond acceptors (Lipinski definition) is 5. The van der Waals surface area contributed by atoms with E-state index in [4.69, 9.17) is 0 Å². The maximum absolute atomic E-state index is 13.1. The number of anilines is 1. The molecule has 162 valence electrons. The Balaban J connectivity index is 1.25. The summed E-state index contributed by atoms with van der Waals surface area (Å²) in [6, 6.07) is 19.1. The maximum atomic E-state index is 13.1. The first-order valence-corrected chi connectivity index (χ1v) is 12.3. The second kappa shape index (κ2) is 9.18. The Hall–Kier alpha value is -3.10. The van der Waals surface area contributed by atoms with Crippen molar-refractivity contribution < 1.29 is 9.59 Å². The summed E-state index contributed by atoms with van der Waals surface area (Å²) in [5.41, 5.74) is 2.58. The van der Waals surface area contributed by atoms with E-state index in [1.165, 1.54) is 11.8 Å². The number of fused-ring (bicyclic) bond motifs is 1. The van der Waals surface area contributed by atoms with Crippen molar-refractivity contribution in [2.75, 3.05) is 17.6 Å². The van der Waals surface area contributed by atoms with Crippen LogP contribution in [0.5, 0.6) is 0 Å². The number of para-hydroxylation sites is 3. The molecule has 0 bridgehead atoms. The van der Waals surface area contributed by atoms with Gasteiger partial charge in [-0.3, -0.25) is 9.59 Å². The van der Waals surface area contributed by atoms with Gasteiger partial charge in [-0.05, 0) is 49.2 Å². The van der Waals surface area contributed by atoms with Crippen molar-refractivity contribution in [2.45, 2.75) is 23.2 Å². The van der Waals surface area contributed by atoms with Gasteiger partial charge in [-0.1, -0.05) is 36.0 Å². The van der Waals surface area contributed by atoms with E-state index in [0.29, 0.717) is 13.0 Å². The first-order chi connectivity index (χ1) is 15.7. The van der Waals surface area contributed by atoms with Crippen molar-refractivity contribution in [1.82, 2.24) is 14.5 Å². The molecule has 5 rings (SSSR count). The Kier molecular flexibility index (Phi) is 5.96. The fraction of sp³-hybridized carbons (Fsp3) is 0.208. The Bertz CT molecular complexity index is 1220. The van der Waals surface area contributed by atoms with Gasteiger partial charge in [-0.15, -0.1) is 11.3 Å². The van der Waals surface area contributed by atoms with Gasteiger partial charge in [0.15, 0.2) is 4.34 Å². The molecule has 8 heteroatoms. The highest BCUT2D eigenvalue weighted by molar-refractivity contribution is 8.01. The summed E-state index contributed by atoms with van der Waals surface area (Å²) < 4.78 is 3.95. The molecule has 3 heterocycles. The van der Waals surface area contributed by atoms with Crippen LogP contribution in [-0.4, -0.2) is 44.6 Å². The van der Waals surface area contributed by atoms with E-state index in [2.05, 4.69) is 10.3 Å². The molecular formula is C24H22N4O2S2. The third-order valence-electron chi connectivity index (χ3n) is 5.51. The quantitative estimate of drug-likeness (QED) is 0.418.